The topological polar surface area (TPSA) is 46.3 Å². The summed E-state index contributed by atoms with van der Waals surface area (Å²) in [4.78, 5) is 15.7. The second-order valence-corrected chi connectivity index (χ2v) is 6.11. The highest BCUT2D eigenvalue weighted by atomic mass is 35.5. The van der Waals surface area contributed by atoms with Gasteiger partial charge in [-0.25, -0.2) is 0 Å². The highest BCUT2D eigenvalue weighted by Crippen LogP contribution is 2.29. The number of likely N-dealkylation sites (N-methyl/N-ethyl adjacent to an activating group) is 1. The molecule has 2 rings (SSSR count). The highest BCUT2D eigenvalue weighted by Gasteiger charge is 2.39. The zero-order valence-electron chi connectivity index (χ0n) is 11.4. The van der Waals surface area contributed by atoms with Gasteiger partial charge in [-0.1, -0.05) is 18.9 Å². The average Bonchev–Trinajstić information content (AvgIpc) is 3.01. The fraction of sp³-hybridized carbons (Fsp3) is 0.643. The van der Waals surface area contributed by atoms with Crippen LogP contribution in [-0.2, 0) is 11.2 Å². The minimum atomic E-state index is -0.578. The summed E-state index contributed by atoms with van der Waals surface area (Å²) in [5.41, 5.74) is 5.66. The number of thiophene rings is 1. The van der Waals surface area contributed by atoms with Crippen LogP contribution in [-0.4, -0.2) is 29.4 Å². The molecule has 108 valence electrons. The zero-order valence-corrected chi connectivity index (χ0v) is 13.1. The Kier molecular flexibility index (Phi) is 6.30. The van der Waals surface area contributed by atoms with E-state index in [-0.39, 0.29) is 18.3 Å². The van der Waals surface area contributed by atoms with Crippen molar-refractivity contribution in [2.45, 2.75) is 44.6 Å². The molecule has 0 radical (unpaired) electrons. The SMILES string of the molecule is CCN(CCc1cccs1)C(=O)C1(N)CCCC1.Cl. The number of hydrogen-bond donors (Lipinski definition) is 1. The monoisotopic (exact) mass is 302 g/mol. The molecule has 1 aliphatic rings. The molecule has 2 N–H and O–H groups in total. The maximum absolute atomic E-state index is 12.5. The van der Waals surface area contributed by atoms with Crippen molar-refractivity contribution in [2.75, 3.05) is 13.1 Å². The summed E-state index contributed by atoms with van der Waals surface area (Å²) >= 11 is 1.75. The number of carbonyl (C=O) groups excluding carboxylic acids is 1. The minimum Gasteiger partial charge on any atom is -0.341 e. The van der Waals surface area contributed by atoms with Crippen LogP contribution in [0.1, 0.15) is 37.5 Å². The first kappa shape index (κ1) is 16.5. The van der Waals surface area contributed by atoms with Gasteiger partial charge in [0.15, 0.2) is 0 Å². The smallest absolute Gasteiger partial charge is 0.242 e. The number of hydrogen-bond acceptors (Lipinski definition) is 3. The summed E-state index contributed by atoms with van der Waals surface area (Å²) in [5.74, 6) is 0.152. The zero-order chi connectivity index (χ0) is 13.0. The van der Waals surface area contributed by atoms with Gasteiger partial charge in [0.1, 0.15) is 0 Å². The molecule has 0 bridgehead atoms. The van der Waals surface area contributed by atoms with E-state index in [9.17, 15) is 4.79 Å². The van der Waals surface area contributed by atoms with Crippen LogP contribution in [0.25, 0.3) is 0 Å². The normalized spacial score (nSPS) is 16.9. The molecular formula is C14H23ClN2OS. The third kappa shape index (κ3) is 3.94. The molecular weight excluding hydrogens is 280 g/mol. The molecule has 0 aromatic carbocycles. The Morgan fingerprint density at radius 1 is 1.47 bits per heavy atom. The summed E-state index contributed by atoms with van der Waals surface area (Å²) in [6.07, 6.45) is 4.81. The van der Waals surface area contributed by atoms with Crippen LogP contribution in [0.3, 0.4) is 0 Å². The van der Waals surface area contributed by atoms with Crippen LogP contribution < -0.4 is 5.73 Å². The lowest BCUT2D eigenvalue weighted by atomic mass is 9.97. The minimum absolute atomic E-state index is 0. The Morgan fingerprint density at radius 3 is 2.68 bits per heavy atom. The molecule has 0 unspecified atom stereocenters. The molecule has 0 spiro atoms. The molecule has 0 aliphatic heterocycles. The maximum atomic E-state index is 12.5. The largest absolute Gasteiger partial charge is 0.341 e. The average molecular weight is 303 g/mol. The quantitative estimate of drug-likeness (QED) is 0.909. The second-order valence-electron chi connectivity index (χ2n) is 5.08. The van der Waals surface area contributed by atoms with E-state index in [1.807, 2.05) is 11.8 Å². The van der Waals surface area contributed by atoms with Gasteiger partial charge >= 0.3 is 0 Å². The van der Waals surface area contributed by atoms with Crippen LogP contribution >= 0.6 is 23.7 Å². The molecule has 5 heteroatoms. The van der Waals surface area contributed by atoms with E-state index in [1.54, 1.807) is 11.3 Å². The van der Waals surface area contributed by atoms with Gasteiger partial charge in [-0.3, -0.25) is 4.79 Å². The van der Waals surface area contributed by atoms with Crippen LogP contribution in [0.15, 0.2) is 17.5 Å². The molecule has 3 nitrogen and oxygen atoms in total. The Morgan fingerprint density at radius 2 is 2.16 bits per heavy atom. The molecule has 1 saturated carbocycles. The van der Waals surface area contributed by atoms with Gasteiger partial charge < -0.3 is 10.6 Å². The lowest BCUT2D eigenvalue weighted by Crippen LogP contribution is -2.53. The Balaban J connectivity index is 0.00000180. The summed E-state index contributed by atoms with van der Waals surface area (Å²) in [6.45, 7) is 3.57. The number of amides is 1. The highest BCUT2D eigenvalue weighted by molar-refractivity contribution is 7.09. The van der Waals surface area contributed by atoms with Crippen molar-refractivity contribution in [2.24, 2.45) is 5.73 Å². The summed E-state index contributed by atoms with van der Waals surface area (Å²) < 4.78 is 0. The van der Waals surface area contributed by atoms with Crippen LogP contribution in [0.2, 0.25) is 0 Å². The standard InChI is InChI=1S/C14H22N2OS.ClH/c1-2-16(10-7-12-6-5-11-18-12)13(17)14(15)8-3-4-9-14;/h5-6,11H,2-4,7-10,15H2,1H3;1H. The Labute approximate surface area is 125 Å². The van der Waals surface area contributed by atoms with E-state index in [0.717, 1.165) is 45.2 Å². The van der Waals surface area contributed by atoms with Crippen molar-refractivity contribution in [1.29, 1.82) is 0 Å². The summed E-state index contributed by atoms with van der Waals surface area (Å²) in [7, 11) is 0. The van der Waals surface area contributed by atoms with E-state index in [2.05, 4.69) is 17.5 Å². The first-order valence-corrected chi connectivity index (χ1v) is 7.64. The predicted molar refractivity (Wildman–Crippen MR) is 82.9 cm³/mol. The Hall–Kier alpha value is -0.580. The van der Waals surface area contributed by atoms with Crippen molar-refractivity contribution < 1.29 is 4.79 Å². The molecule has 1 aromatic heterocycles. The molecule has 1 aromatic rings. The fourth-order valence-electron chi connectivity index (χ4n) is 2.64. The number of carbonyl (C=O) groups is 1. The van der Waals surface area contributed by atoms with Gasteiger partial charge in [-0.2, -0.15) is 0 Å². The fourth-order valence-corrected chi connectivity index (χ4v) is 3.34. The third-order valence-electron chi connectivity index (χ3n) is 3.80. The van der Waals surface area contributed by atoms with E-state index in [4.69, 9.17) is 5.73 Å². The van der Waals surface area contributed by atoms with Crippen LogP contribution in [0, 0.1) is 0 Å². The number of halogens is 1. The van der Waals surface area contributed by atoms with Gasteiger partial charge in [0.2, 0.25) is 5.91 Å². The van der Waals surface area contributed by atoms with Crippen LogP contribution in [0.5, 0.6) is 0 Å². The number of nitrogens with zero attached hydrogens (tertiary/aromatic N) is 1. The lowest BCUT2D eigenvalue weighted by molar-refractivity contribution is -0.136. The predicted octanol–water partition coefficient (Wildman–Crippen LogP) is 2.83. The van der Waals surface area contributed by atoms with Crippen molar-refractivity contribution in [3.8, 4) is 0 Å². The third-order valence-corrected chi connectivity index (χ3v) is 4.74. The van der Waals surface area contributed by atoms with Crippen molar-refractivity contribution in [1.82, 2.24) is 4.90 Å². The summed E-state index contributed by atoms with van der Waals surface area (Å²) in [6, 6.07) is 4.18. The van der Waals surface area contributed by atoms with Gasteiger partial charge in [0.25, 0.3) is 0 Å². The molecule has 1 amide bonds. The van der Waals surface area contributed by atoms with Gasteiger partial charge in [-0.05, 0) is 37.6 Å². The lowest BCUT2D eigenvalue weighted by Gasteiger charge is -2.30. The van der Waals surface area contributed by atoms with Gasteiger partial charge in [0.05, 0.1) is 5.54 Å². The van der Waals surface area contributed by atoms with Crippen molar-refractivity contribution >= 4 is 29.7 Å². The van der Waals surface area contributed by atoms with Gasteiger partial charge in [-0.15, -0.1) is 23.7 Å². The van der Waals surface area contributed by atoms with Crippen LogP contribution in [0.4, 0.5) is 0 Å². The first-order valence-electron chi connectivity index (χ1n) is 6.76. The number of rotatable bonds is 5. The molecule has 0 saturated heterocycles. The van der Waals surface area contributed by atoms with E-state index in [0.29, 0.717) is 0 Å². The molecule has 1 fully saturated rings. The molecule has 1 heterocycles. The van der Waals surface area contributed by atoms with Gasteiger partial charge in [0, 0.05) is 18.0 Å². The summed E-state index contributed by atoms with van der Waals surface area (Å²) in [5, 5.41) is 2.08. The van der Waals surface area contributed by atoms with Crippen molar-refractivity contribution in [3.63, 3.8) is 0 Å². The maximum Gasteiger partial charge on any atom is 0.242 e. The Bertz CT molecular complexity index is 388. The van der Waals surface area contributed by atoms with E-state index >= 15 is 0 Å². The molecule has 0 atom stereocenters. The molecule has 1 aliphatic carbocycles. The molecule has 19 heavy (non-hydrogen) atoms. The van der Waals surface area contributed by atoms with Crippen molar-refractivity contribution in [3.05, 3.63) is 22.4 Å². The number of nitrogens with two attached hydrogens (primary N) is 1. The second kappa shape index (κ2) is 7.27. The van der Waals surface area contributed by atoms with E-state index < -0.39 is 5.54 Å². The van der Waals surface area contributed by atoms with E-state index in [1.165, 1.54) is 4.88 Å². The first-order chi connectivity index (χ1) is 8.65.